The summed E-state index contributed by atoms with van der Waals surface area (Å²) < 4.78 is 0. The zero-order valence-electron chi connectivity index (χ0n) is 14.8. The van der Waals surface area contributed by atoms with E-state index in [9.17, 15) is 30.0 Å². The molecule has 7 heteroatoms. The van der Waals surface area contributed by atoms with Crippen LogP contribution in [0.1, 0.15) is 20.7 Å². The van der Waals surface area contributed by atoms with Gasteiger partial charge in [-0.3, -0.25) is 0 Å². The molecule has 0 saturated heterocycles. The second-order valence-corrected chi connectivity index (χ2v) is 7.43. The van der Waals surface area contributed by atoms with Crippen molar-refractivity contribution in [1.82, 2.24) is 0 Å². The van der Waals surface area contributed by atoms with Crippen LogP contribution in [0.3, 0.4) is 0 Å². The normalized spacial score (nSPS) is 11.0. The molecule has 6 nitrogen and oxygen atoms in total. The van der Waals surface area contributed by atoms with Gasteiger partial charge in [0.05, 0.1) is 20.9 Å². The van der Waals surface area contributed by atoms with Gasteiger partial charge in [-0.25, -0.2) is 9.59 Å². The minimum absolute atomic E-state index is 0.0101. The molecule has 29 heavy (non-hydrogen) atoms. The summed E-state index contributed by atoms with van der Waals surface area (Å²) >= 11 is 1.13. The molecule has 0 aliphatic heterocycles. The van der Waals surface area contributed by atoms with Crippen molar-refractivity contribution < 1.29 is 30.0 Å². The summed E-state index contributed by atoms with van der Waals surface area (Å²) in [4.78, 5) is 23.4. The number of aromatic hydroxyl groups is 2. The number of hydrogen-bond donors (Lipinski definition) is 4. The Bertz CT molecular complexity index is 1210. The zero-order chi connectivity index (χ0) is 20.7. The third kappa shape index (κ3) is 3.32. The van der Waals surface area contributed by atoms with Crippen molar-refractivity contribution in [2.24, 2.45) is 0 Å². The average molecular weight is 406 g/mol. The van der Waals surface area contributed by atoms with Gasteiger partial charge < -0.3 is 20.4 Å². The number of carboxylic acids is 2. The van der Waals surface area contributed by atoms with E-state index in [1.54, 1.807) is 24.3 Å². The summed E-state index contributed by atoms with van der Waals surface area (Å²) in [6, 6.07) is 15.4. The maximum atomic E-state index is 11.2. The molecule has 0 aliphatic carbocycles. The highest BCUT2D eigenvalue weighted by Gasteiger charge is 2.16. The van der Waals surface area contributed by atoms with Crippen LogP contribution in [0.15, 0.2) is 70.5 Å². The Morgan fingerprint density at radius 2 is 1.03 bits per heavy atom. The summed E-state index contributed by atoms with van der Waals surface area (Å²) in [5.41, 5.74) is 0.265. The molecule has 0 fully saturated rings. The van der Waals surface area contributed by atoms with E-state index in [2.05, 4.69) is 0 Å². The number of phenols is 2. The molecule has 4 N–H and O–H groups in total. The molecule has 0 bridgehead atoms. The van der Waals surface area contributed by atoms with Crippen LogP contribution in [0.4, 0.5) is 0 Å². The second-order valence-electron chi connectivity index (χ2n) is 6.41. The van der Waals surface area contributed by atoms with E-state index in [4.69, 9.17) is 0 Å². The van der Waals surface area contributed by atoms with Gasteiger partial charge in [0.1, 0.15) is 11.5 Å². The van der Waals surface area contributed by atoms with Gasteiger partial charge in [0.2, 0.25) is 0 Å². The average Bonchev–Trinajstić information content (AvgIpc) is 2.70. The lowest BCUT2D eigenvalue weighted by Crippen LogP contribution is -1.96. The third-order valence-corrected chi connectivity index (χ3v) is 5.86. The maximum Gasteiger partial charge on any atom is 0.335 e. The Balaban J connectivity index is 1.89. The largest absolute Gasteiger partial charge is 0.507 e. The third-order valence-electron chi connectivity index (χ3n) is 4.60. The molecular formula is C22H14O6S. The van der Waals surface area contributed by atoms with Gasteiger partial charge in [0, 0.05) is 0 Å². The molecule has 0 radical (unpaired) electrons. The molecule has 0 spiro atoms. The first-order valence-corrected chi connectivity index (χ1v) is 9.32. The van der Waals surface area contributed by atoms with Crippen LogP contribution < -0.4 is 0 Å². The Morgan fingerprint density at radius 3 is 1.41 bits per heavy atom. The lowest BCUT2D eigenvalue weighted by atomic mass is 10.1. The van der Waals surface area contributed by atoms with Gasteiger partial charge in [-0.15, -0.1) is 0 Å². The predicted molar refractivity (Wildman–Crippen MR) is 109 cm³/mol. The Morgan fingerprint density at radius 1 is 0.621 bits per heavy atom. The van der Waals surface area contributed by atoms with Crippen molar-refractivity contribution in [3.05, 3.63) is 71.8 Å². The van der Waals surface area contributed by atoms with Crippen molar-refractivity contribution in [2.45, 2.75) is 9.79 Å². The molecule has 4 aromatic carbocycles. The molecule has 0 saturated carbocycles. The van der Waals surface area contributed by atoms with E-state index in [1.165, 1.54) is 36.4 Å². The van der Waals surface area contributed by atoms with Crippen LogP contribution >= 0.6 is 11.8 Å². The zero-order valence-corrected chi connectivity index (χ0v) is 15.6. The van der Waals surface area contributed by atoms with Gasteiger partial charge in [0.15, 0.2) is 0 Å². The lowest BCUT2D eigenvalue weighted by molar-refractivity contribution is 0.0686. The molecule has 0 heterocycles. The van der Waals surface area contributed by atoms with E-state index >= 15 is 0 Å². The summed E-state index contributed by atoms with van der Waals surface area (Å²) in [6.07, 6.45) is 0. The smallest absolute Gasteiger partial charge is 0.335 e. The van der Waals surface area contributed by atoms with Gasteiger partial charge >= 0.3 is 11.9 Å². The van der Waals surface area contributed by atoms with E-state index in [0.29, 0.717) is 31.3 Å². The highest BCUT2D eigenvalue weighted by atomic mass is 32.2. The molecule has 0 aromatic heterocycles. The van der Waals surface area contributed by atoms with Gasteiger partial charge in [-0.1, -0.05) is 36.0 Å². The fraction of sp³-hybridized carbons (Fsp3) is 0. The number of carboxylic acid groups (broad SMARTS) is 2. The van der Waals surface area contributed by atoms with E-state index in [-0.39, 0.29) is 22.6 Å². The van der Waals surface area contributed by atoms with E-state index < -0.39 is 11.9 Å². The van der Waals surface area contributed by atoms with Crippen LogP contribution in [0, 0.1) is 0 Å². The van der Waals surface area contributed by atoms with Crippen LogP contribution in [0.5, 0.6) is 11.5 Å². The second kappa shape index (κ2) is 7.03. The fourth-order valence-corrected chi connectivity index (χ4v) is 4.30. The molecule has 0 unspecified atom stereocenters. The number of rotatable bonds is 4. The SMILES string of the molecule is O=C(O)c1ccc2c(Sc3c(O)ccc4cc(C(=O)O)ccc34)c(O)ccc2c1. The standard InChI is InChI=1S/C22H14O6S/c23-17-7-3-11-9-13(21(25)26)1-5-15(11)19(17)29-20-16-6-2-14(22(27)28)10-12(16)4-8-18(20)24/h1-10,23-24H,(H,25,26)(H,27,28). The number of aromatic carboxylic acids is 2. The monoisotopic (exact) mass is 406 g/mol. The number of carbonyl (C=O) groups is 2. The topological polar surface area (TPSA) is 115 Å². The van der Waals surface area contributed by atoms with Crippen molar-refractivity contribution >= 4 is 45.2 Å². The molecular weight excluding hydrogens is 392 g/mol. The first-order valence-electron chi connectivity index (χ1n) is 8.51. The van der Waals surface area contributed by atoms with Crippen LogP contribution in [0.25, 0.3) is 21.5 Å². The van der Waals surface area contributed by atoms with E-state index in [1.807, 2.05) is 0 Å². The Labute approximate surface area is 168 Å². The van der Waals surface area contributed by atoms with Gasteiger partial charge in [0.25, 0.3) is 0 Å². The molecule has 4 rings (SSSR count). The summed E-state index contributed by atoms with van der Waals surface area (Å²) in [5.74, 6) is -2.11. The summed E-state index contributed by atoms with van der Waals surface area (Å²) in [6.45, 7) is 0. The van der Waals surface area contributed by atoms with Gasteiger partial charge in [-0.2, -0.15) is 0 Å². The Hall–Kier alpha value is -3.71. The highest BCUT2D eigenvalue weighted by Crippen LogP contribution is 2.46. The van der Waals surface area contributed by atoms with Crippen molar-refractivity contribution in [2.75, 3.05) is 0 Å². The van der Waals surface area contributed by atoms with Gasteiger partial charge in [-0.05, 0) is 57.9 Å². The molecule has 0 atom stereocenters. The summed E-state index contributed by atoms with van der Waals surface area (Å²) in [7, 11) is 0. The number of hydrogen-bond acceptors (Lipinski definition) is 5. The minimum atomic E-state index is -1.05. The van der Waals surface area contributed by atoms with Crippen LogP contribution in [-0.2, 0) is 0 Å². The Kier molecular flexibility index (Phi) is 4.52. The predicted octanol–water partition coefficient (Wildman–Crippen LogP) is 4.95. The molecule has 0 amide bonds. The highest BCUT2D eigenvalue weighted by molar-refractivity contribution is 8.00. The van der Waals surface area contributed by atoms with E-state index in [0.717, 1.165) is 11.8 Å². The minimum Gasteiger partial charge on any atom is -0.507 e. The molecule has 0 aliphatic rings. The van der Waals surface area contributed by atoms with Crippen molar-refractivity contribution in [3.8, 4) is 11.5 Å². The fourth-order valence-electron chi connectivity index (χ4n) is 3.16. The van der Waals surface area contributed by atoms with Crippen LogP contribution in [0.2, 0.25) is 0 Å². The first-order chi connectivity index (χ1) is 13.8. The van der Waals surface area contributed by atoms with Crippen molar-refractivity contribution in [3.63, 3.8) is 0 Å². The molecule has 4 aromatic rings. The maximum absolute atomic E-state index is 11.2. The van der Waals surface area contributed by atoms with Crippen molar-refractivity contribution in [1.29, 1.82) is 0 Å². The quantitative estimate of drug-likeness (QED) is 0.379. The lowest BCUT2D eigenvalue weighted by Gasteiger charge is -2.13. The van der Waals surface area contributed by atoms with Crippen LogP contribution in [-0.4, -0.2) is 32.4 Å². The first kappa shape index (κ1) is 18.6. The number of phenolic OH excluding ortho intramolecular Hbond substituents is 2. The number of benzene rings is 4. The summed E-state index contributed by atoms with van der Waals surface area (Å²) in [5, 5.41) is 41.8. The number of fused-ring (bicyclic) bond motifs is 2. The molecule has 144 valence electrons.